The van der Waals surface area contributed by atoms with Gasteiger partial charge in [-0.25, -0.2) is 4.98 Å². The number of aryl methyl sites for hydroxylation is 3. The molecule has 0 atom stereocenters. The van der Waals surface area contributed by atoms with Crippen LogP contribution >= 0.6 is 0 Å². The third kappa shape index (κ3) is 7.96. The van der Waals surface area contributed by atoms with Crippen molar-refractivity contribution >= 4 is 22.1 Å². The van der Waals surface area contributed by atoms with Crippen LogP contribution in [-0.2, 0) is 20.1 Å². The Morgan fingerprint density at radius 3 is 2.05 bits per heavy atom. The first-order chi connectivity index (χ1) is 28.9. The van der Waals surface area contributed by atoms with Crippen LogP contribution in [-0.4, -0.2) is 19.5 Å². The minimum Gasteiger partial charge on any atom is -0.484 e. The van der Waals surface area contributed by atoms with Crippen LogP contribution in [0.2, 0.25) is 0 Å². The van der Waals surface area contributed by atoms with Gasteiger partial charge in [-0.2, -0.15) is 0 Å². The second-order valence-corrected chi connectivity index (χ2v) is 15.0. The normalized spacial score (nSPS) is 12.2. The number of benzene rings is 6. The van der Waals surface area contributed by atoms with Gasteiger partial charge >= 0.3 is 0 Å². The molecule has 3 heterocycles. The minimum atomic E-state index is -2.09. The largest absolute Gasteiger partial charge is 0.484 e. The molecule has 3 aromatic heterocycles. The van der Waals surface area contributed by atoms with Crippen molar-refractivity contribution in [2.45, 2.75) is 60.2 Å². The Hall–Kier alpha value is -5.94. The molecule has 0 saturated carbocycles. The molecular weight excluding hydrogens is 889 g/mol. The van der Waals surface area contributed by atoms with Crippen LogP contribution in [0.3, 0.4) is 0 Å². The zero-order valence-electron chi connectivity index (χ0n) is 36.5. The summed E-state index contributed by atoms with van der Waals surface area (Å²) in [7, 11) is 0. The predicted molar refractivity (Wildman–Crippen MR) is 235 cm³/mol. The van der Waals surface area contributed by atoms with E-state index >= 15 is 0 Å². The molecule has 0 amide bonds. The van der Waals surface area contributed by atoms with Crippen LogP contribution in [0.15, 0.2) is 144 Å². The van der Waals surface area contributed by atoms with Gasteiger partial charge in [0.05, 0.1) is 22.4 Å². The molecule has 291 valence electrons. The summed E-state index contributed by atoms with van der Waals surface area (Å²) in [6, 6.07) is 51.2. The van der Waals surface area contributed by atoms with E-state index in [1.165, 1.54) is 34.1 Å². The molecule has 0 unspecified atom stereocenters. The average Bonchev–Trinajstić information content (AvgIpc) is 3.86. The number of hydrogen-bond acceptors (Lipinski definition) is 4. The van der Waals surface area contributed by atoms with Crippen molar-refractivity contribution < 1.29 is 28.6 Å². The Bertz CT molecular complexity index is 2890. The molecule has 0 fully saturated rings. The molecule has 0 bridgehead atoms. The predicted octanol–water partition coefficient (Wildman–Crippen LogP) is 13.7. The smallest absolute Gasteiger partial charge is 0.216 e. The Labute approximate surface area is 359 Å². The maximum absolute atomic E-state index is 7.23. The van der Waals surface area contributed by atoms with Crippen molar-refractivity contribution in [3.05, 3.63) is 180 Å². The van der Waals surface area contributed by atoms with Crippen molar-refractivity contribution in [1.29, 1.82) is 0 Å². The Kier molecular flexibility index (Phi) is 10.8. The number of hydrogen-bond donors (Lipinski definition) is 0. The van der Waals surface area contributed by atoms with Gasteiger partial charge in [0.1, 0.15) is 0 Å². The van der Waals surface area contributed by atoms with E-state index in [0.29, 0.717) is 23.2 Å². The zero-order valence-corrected chi connectivity index (χ0v) is 35.9. The molecule has 9 rings (SSSR count). The number of imidazole rings is 1. The monoisotopic (exact) mass is 938 g/mol. The van der Waals surface area contributed by atoms with E-state index in [1.807, 2.05) is 48.5 Å². The summed E-state index contributed by atoms with van der Waals surface area (Å²) in [5.74, 6) is 2.10. The first-order valence-electron chi connectivity index (χ1n) is 20.9. The molecule has 6 heteroatoms. The molecule has 6 aromatic carbocycles. The van der Waals surface area contributed by atoms with E-state index in [4.69, 9.17) is 18.5 Å². The number of para-hydroxylation sites is 3. The fraction of sp³-hybridized carbons (Fsp3) is 0.173. The molecule has 58 heavy (non-hydrogen) atoms. The number of aromatic nitrogens is 4. The van der Waals surface area contributed by atoms with Crippen LogP contribution in [0.1, 0.15) is 71.5 Å². The molecule has 0 N–H and O–H groups in total. The summed E-state index contributed by atoms with van der Waals surface area (Å²) in [6.45, 7) is 11.3. The van der Waals surface area contributed by atoms with E-state index in [0.717, 1.165) is 56.0 Å². The van der Waals surface area contributed by atoms with Crippen molar-refractivity contribution in [3.63, 3.8) is 0 Å². The summed E-state index contributed by atoms with van der Waals surface area (Å²) in [6.07, 6.45) is 1.39. The topological polar surface area (TPSA) is 56.7 Å². The van der Waals surface area contributed by atoms with Gasteiger partial charge in [-0.05, 0) is 95.9 Å². The molecule has 0 aliphatic heterocycles. The summed E-state index contributed by atoms with van der Waals surface area (Å²) in [5.41, 5.74) is 15.4. The molecular formula is C52H46IrN4O-2. The second-order valence-electron chi connectivity index (χ2n) is 15.0. The van der Waals surface area contributed by atoms with Crippen LogP contribution in [0.4, 0.5) is 0 Å². The first kappa shape index (κ1) is 36.4. The summed E-state index contributed by atoms with van der Waals surface area (Å²) >= 11 is 0. The molecule has 0 aliphatic carbocycles. The van der Waals surface area contributed by atoms with Crippen molar-refractivity contribution in [2.24, 2.45) is 0 Å². The van der Waals surface area contributed by atoms with E-state index in [-0.39, 0.29) is 25.7 Å². The quantitative estimate of drug-likeness (QED) is 0.149. The van der Waals surface area contributed by atoms with Crippen LogP contribution in [0, 0.1) is 32.8 Å². The van der Waals surface area contributed by atoms with Gasteiger partial charge in [0, 0.05) is 47.2 Å². The number of rotatable bonds is 7. The van der Waals surface area contributed by atoms with Crippen molar-refractivity contribution in [1.82, 2.24) is 19.5 Å². The molecule has 0 spiro atoms. The zero-order chi connectivity index (χ0) is 42.1. The number of nitrogens with zero attached hydrogens (tertiary/aromatic N) is 4. The maximum atomic E-state index is 7.23. The van der Waals surface area contributed by atoms with Gasteiger partial charge in [0.15, 0.2) is 0 Å². The second kappa shape index (κ2) is 17.3. The molecule has 9 aromatic rings. The van der Waals surface area contributed by atoms with E-state index < -0.39 is 6.85 Å². The van der Waals surface area contributed by atoms with Crippen molar-refractivity contribution in [2.75, 3.05) is 0 Å². The standard InChI is InChI=1S/C40H36N3O.C12H10N.Ir/c1-24(2)30-18-13-19-31(25(3)4)37(30)43-35-21-11-10-20-33(35)41-39(43)29-22-32(36-26(5)14-12-15-27(36)6)38-34(23-29)42-40(44-38)28-16-8-7-9-17-28;1-10-7-8-12(13-9-10)11-5-3-2-4-6-11;/h7-22,24-25H,1-6H3;2-5,7-9H,1H3;/q2*-1;/i;1D3;. The SMILES string of the molecule is Cc1cccc(C)c1-c1cc(-c2nc3ccccc3n2-c2c(C(C)C)cccc2C(C)C)[c-]c2nc(-c3ccccc3)oc12.[2H]C([2H])([2H])c1ccc(-c2[c-]cccc2)nc1.[Ir]. The molecule has 0 aliphatic rings. The minimum absolute atomic E-state index is 0. The van der Waals surface area contributed by atoms with Crippen LogP contribution < -0.4 is 0 Å². The third-order valence-electron chi connectivity index (χ3n) is 10.3. The Morgan fingerprint density at radius 1 is 0.707 bits per heavy atom. The number of fused-ring (bicyclic) bond motifs is 2. The number of pyridine rings is 1. The van der Waals surface area contributed by atoms with Gasteiger partial charge in [-0.15, -0.1) is 53.6 Å². The summed E-state index contributed by atoms with van der Waals surface area (Å²) < 4.78 is 30.6. The fourth-order valence-corrected chi connectivity index (χ4v) is 7.52. The van der Waals surface area contributed by atoms with Crippen LogP contribution in [0.5, 0.6) is 0 Å². The van der Waals surface area contributed by atoms with Gasteiger partial charge in [-0.1, -0.05) is 112 Å². The van der Waals surface area contributed by atoms with Crippen LogP contribution in [0.25, 0.3) is 73.0 Å². The summed E-state index contributed by atoms with van der Waals surface area (Å²) in [4.78, 5) is 14.4. The maximum Gasteiger partial charge on any atom is 0.216 e. The fourth-order valence-electron chi connectivity index (χ4n) is 7.52. The van der Waals surface area contributed by atoms with E-state index in [9.17, 15) is 0 Å². The molecule has 5 nitrogen and oxygen atoms in total. The van der Waals surface area contributed by atoms with Gasteiger partial charge in [0.25, 0.3) is 0 Å². The Balaban J connectivity index is 0.000000278. The van der Waals surface area contributed by atoms with E-state index in [2.05, 4.69) is 130 Å². The average molecular weight is 938 g/mol. The van der Waals surface area contributed by atoms with Crippen molar-refractivity contribution in [3.8, 4) is 50.9 Å². The third-order valence-corrected chi connectivity index (χ3v) is 10.3. The van der Waals surface area contributed by atoms with Gasteiger partial charge in [0.2, 0.25) is 5.89 Å². The summed E-state index contributed by atoms with van der Waals surface area (Å²) in [5, 5.41) is 0. The first-order valence-corrected chi connectivity index (χ1v) is 19.4. The Morgan fingerprint density at radius 2 is 1.40 bits per heavy atom. The van der Waals surface area contributed by atoms with Gasteiger partial charge < -0.3 is 14.0 Å². The van der Waals surface area contributed by atoms with Gasteiger partial charge in [-0.3, -0.25) is 4.98 Å². The number of oxazole rings is 1. The molecule has 0 saturated heterocycles. The van der Waals surface area contributed by atoms with E-state index in [1.54, 1.807) is 18.2 Å². The molecule has 1 radical (unpaired) electrons.